The summed E-state index contributed by atoms with van der Waals surface area (Å²) < 4.78 is 10.4. The Morgan fingerprint density at radius 1 is 1.41 bits per heavy atom. The predicted molar refractivity (Wildman–Crippen MR) is 60.6 cm³/mol. The molecule has 1 N–H and O–H groups in total. The third kappa shape index (κ3) is 2.52. The van der Waals surface area contributed by atoms with Gasteiger partial charge in [0.2, 0.25) is 5.69 Å². The summed E-state index contributed by atoms with van der Waals surface area (Å²) in [4.78, 5) is 3.87. The Bertz CT molecular complexity index is 589. The second-order valence-electron chi connectivity index (χ2n) is 3.34. The molecule has 86 valence electrons. The Hall–Kier alpha value is -2.55. The Labute approximate surface area is 97.6 Å². The quantitative estimate of drug-likeness (QED) is 0.645. The highest BCUT2D eigenvalue weighted by Gasteiger charge is 2.08. The molecule has 0 saturated carbocycles. The van der Waals surface area contributed by atoms with Gasteiger partial charge < -0.3 is 8.83 Å². The van der Waals surface area contributed by atoms with Crippen molar-refractivity contribution in [2.75, 3.05) is 5.43 Å². The van der Waals surface area contributed by atoms with Gasteiger partial charge in [-0.25, -0.2) is 10.4 Å². The molecule has 2 rings (SSSR count). The van der Waals surface area contributed by atoms with E-state index in [1.807, 2.05) is 19.1 Å². The number of nitrogens with zero attached hydrogens (tertiary/aromatic N) is 3. The molecular weight excluding hydrogens is 220 g/mol. The van der Waals surface area contributed by atoms with Gasteiger partial charge in [0.05, 0.1) is 6.21 Å². The lowest BCUT2D eigenvalue weighted by atomic mass is 10.4. The zero-order chi connectivity index (χ0) is 12.3. The molecule has 2 aromatic heterocycles. The number of hydrogen-bond acceptors (Lipinski definition) is 6. The molecule has 0 unspecified atom stereocenters. The monoisotopic (exact) mass is 230 g/mol. The molecule has 0 aromatic carbocycles. The summed E-state index contributed by atoms with van der Waals surface area (Å²) in [5, 5.41) is 12.7. The van der Waals surface area contributed by atoms with Crippen LogP contribution >= 0.6 is 0 Å². The van der Waals surface area contributed by atoms with Crippen LogP contribution in [0.4, 0.5) is 5.88 Å². The molecule has 0 amide bonds. The molecule has 0 aliphatic carbocycles. The van der Waals surface area contributed by atoms with Gasteiger partial charge in [0, 0.05) is 6.92 Å². The molecule has 2 aromatic rings. The number of hydrogen-bond donors (Lipinski definition) is 1. The lowest BCUT2D eigenvalue weighted by Crippen LogP contribution is -1.90. The van der Waals surface area contributed by atoms with Crippen molar-refractivity contribution in [2.24, 2.45) is 5.10 Å². The van der Waals surface area contributed by atoms with Crippen LogP contribution in [0.15, 0.2) is 26.1 Å². The number of aromatic nitrogens is 1. The molecule has 6 nitrogen and oxygen atoms in total. The summed E-state index contributed by atoms with van der Waals surface area (Å²) in [7, 11) is 0. The van der Waals surface area contributed by atoms with E-state index < -0.39 is 0 Å². The van der Waals surface area contributed by atoms with E-state index in [1.165, 1.54) is 6.21 Å². The lowest BCUT2D eigenvalue weighted by molar-refractivity contribution is 0.527. The van der Waals surface area contributed by atoms with Crippen LogP contribution in [0.5, 0.6) is 0 Å². The summed E-state index contributed by atoms with van der Waals surface area (Å²) in [5.41, 5.74) is 2.78. The zero-order valence-corrected chi connectivity index (χ0v) is 9.39. The summed E-state index contributed by atoms with van der Waals surface area (Å²) in [6, 6.07) is 5.53. The van der Waals surface area contributed by atoms with Gasteiger partial charge in [-0.1, -0.05) is 0 Å². The number of rotatable bonds is 3. The van der Waals surface area contributed by atoms with Gasteiger partial charge in [0.1, 0.15) is 17.6 Å². The first-order chi connectivity index (χ1) is 8.19. The number of hydrazone groups is 1. The molecule has 6 heteroatoms. The highest BCUT2D eigenvalue weighted by atomic mass is 16.4. The maximum atomic E-state index is 8.77. The molecule has 0 saturated heterocycles. The molecule has 0 aliphatic rings. The van der Waals surface area contributed by atoms with Crippen LogP contribution in [-0.4, -0.2) is 11.2 Å². The fourth-order valence-corrected chi connectivity index (χ4v) is 1.26. The summed E-state index contributed by atoms with van der Waals surface area (Å²) in [6.45, 7) is 3.50. The van der Waals surface area contributed by atoms with Gasteiger partial charge in [0.25, 0.3) is 5.88 Å². The Morgan fingerprint density at radius 3 is 2.88 bits per heavy atom. The topological polar surface area (TPSA) is 87.4 Å². The number of furan rings is 1. The molecule has 0 aliphatic heterocycles. The normalized spacial score (nSPS) is 10.6. The third-order valence-electron chi connectivity index (χ3n) is 1.96. The molecule has 0 atom stereocenters. The van der Waals surface area contributed by atoms with Crippen LogP contribution in [0.2, 0.25) is 0 Å². The third-order valence-corrected chi connectivity index (χ3v) is 1.96. The van der Waals surface area contributed by atoms with Crippen molar-refractivity contribution >= 4 is 12.1 Å². The van der Waals surface area contributed by atoms with Crippen molar-refractivity contribution in [3.05, 3.63) is 35.2 Å². The van der Waals surface area contributed by atoms with Crippen molar-refractivity contribution in [2.45, 2.75) is 13.8 Å². The van der Waals surface area contributed by atoms with Crippen LogP contribution in [0.25, 0.3) is 0 Å². The van der Waals surface area contributed by atoms with Gasteiger partial charge in [-0.15, -0.1) is 0 Å². The minimum atomic E-state index is 0.176. The van der Waals surface area contributed by atoms with Crippen molar-refractivity contribution in [1.82, 2.24) is 4.98 Å². The minimum absolute atomic E-state index is 0.176. The number of oxazole rings is 1. The second kappa shape index (κ2) is 4.53. The summed E-state index contributed by atoms with van der Waals surface area (Å²) in [6.07, 6.45) is 1.49. The first-order valence-corrected chi connectivity index (χ1v) is 4.92. The van der Waals surface area contributed by atoms with Crippen molar-refractivity contribution in [3.8, 4) is 6.07 Å². The minimum Gasteiger partial charge on any atom is -0.460 e. The smallest absolute Gasteiger partial charge is 0.252 e. The van der Waals surface area contributed by atoms with E-state index in [0.29, 0.717) is 11.7 Å². The van der Waals surface area contributed by atoms with Crippen molar-refractivity contribution in [1.29, 1.82) is 5.26 Å². The van der Waals surface area contributed by atoms with E-state index in [9.17, 15) is 0 Å². The fraction of sp³-hybridized carbons (Fsp3) is 0.182. The molecule has 0 bridgehead atoms. The van der Waals surface area contributed by atoms with Crippen LogP contribution in [0.1, 0.15) is 23.1 Å². The van der Waals surface area contributed by atoms with Crippen molar-refractivity contribution < 1.29 is 8.83 Å². The number of nitrogens with one attached hydrogen (secondary N) is 1. The standard InChI is InChI=1S/C11H10N4O2/c1-7-3-4-9(16-7)6-13-15-11-10(5-12)14-8(2)17-11/h3-4,6,15H,1-2H3. The zero-order valence-electron chi connectivity index (χ0n) is 9.39. The van der Waals surface area contributed by atoms with Crippen LogP contribution < -0.4 is 5.43 Å². The average molecular weight is 230 g/mol. The van der Waals surface area contributed by atoms with E-state index in [2.05, 4.69) is 15.5 Å². The maximum absolute atomic E-state index is 8.77. The van der Waals surface area contributed by atoms with E-state index in [4.69, 9.17) is 14.1 Å². The molecule has 17 heavy (non-hydrogen) atoms. The fourth-order valence-electron chi connectivity index (χ4n) is 1.26. The SMILES string of the molecule is Cc1ccc(C=NNc2oc(C)nc2C#N)o1. The summed E-state index contributed by atoms with van der Waals surface area (Å²) >= 11 is 0. The predicted octanol–water partition coefficient (Wildman–Crippen LogP) is 2.20. The molecule has 0 fully saturated rings. The van der Waals surface area contributed by atoms with E-state index in [0.717, 1.165) is 5.76 Å². The highest BCUT2D eigenvalue weighted by molar-refractivity contribution is 5.76. The van der Waals surface area contributed by atoms with Gasteiger partial charge in [-0.05, 0) is 19.1 Å². The second-order valence-corrected chi connectivity index (χ2v) is 3.34. The van der Waals surface area contributed by atoms with Crippen LogP contribution in [0, 0.1) is 25.2 Å². The van der Waals surface area contributed by atoms with Crippen LogP contribution in [0.3, 0.4) is 0 Å². The Kier molecular flexibility index (Phi) is 2.92. The van der Waals surface area contributed by atoms with Crippen LogP contribution in [-0.2, 0) is 0 Å². The number of aryl methyl sites for hydroxylation is 2. The molecule has 0 spiro atoms. The molecule has 2 heterocycles. The Balaban J connectivity index is 2.07. The first-order valence-electron chi connectivity index (χ1n) is 4.92. The van der Waals surface area contributed by atoms with Gasteiger partial charge in [-0.2, -0.15) is 10.4 Å². The number of anilines is 1. The maximum Gasteiger partial charge on any atom is 0.252 e. The number of nitriles is 1. The lowest BCUT2D eigenvalue weighted by Gasteiger charge is -1.92. The molecular formula is C11H10N4O2. The van der Waals surface area contributed by atoms with E-state index in [1.54, 1.807) is 13.0 Å². The van der Waals surface area contributed by atoms with Gasteiger partial charge in [-0.3, -0.25) is 0 Å². The summed E-state index contributed by atoms with van der Waals surface area (Å²) in [5.74, 6) is 2.06. The largest absolute Gasteiger partial charge is 0.460 e. The van der Waals surface area contributed by atoms with Gasteiger partial charge in [0.15, 0.2) is 5.89 Å². The molecule has 0 radical (unpaired) electrons. The van der Waals surface area contributed by atoms with E-state index in [-0.39, 0.29) is 11.6 Å². The Morgan fingerprint density at radius 2 is 2.24 bits per heavy atom. The highest BCUT2D eigenvalue weighted by Crippen LogP contribution is 2.15. The van der Waals surface area contributed by atoms with Crippen molar-refractivity contribution in [3.63, 3.8) is 0 Å². The average Bonchev–Trinajstić information content (AvgIpc) is 2.85. The first kappa shape index (κ1) is 11.0. The van der Waals surface area contributed by atoms with E-state index >= 15 is 0 Å². The van der Waals surface area contributed by atoms with Gasteiger partial charge >= 0.3 is 0 Å².